The highest BCUT2D eigenvalue weighted by atomic mass is 16.1. The van der Waals surface area contributed by atoms with E-state index in [1.807, 2.05) is 46.5 Å². The Morgan fingerprint density at radius 2 is 1.86 bits per heavy atom. The van der Waals surface area contributed by atoms with Crippen LogP contribution >= 0.6 is 0 Å². The summed E-state index contributed by atoms with van der Waals surface area (Å²) < 4.78 is 3.76. The van der Waals surface area contributed by atoms with Gasteiger partial charge in [-0.15, -0.1) is 0 Å². The van der Waals surface area contributed by atoms with Gasteiger partial charge in [0.15, 0.2) is 5.65 Å². The molecule has 0 unspecified atom stereocenters. The smallest absolute Gasteiger partial charge is 0.261 e. The molecule has 3 aromatic heterocycles. The number of pyridine rings is 1. The van der Waals surface area contributed by atoms with E-state index in [-0.39, 0.29) is 11.6 Å². The van der Waals surface area contributed by atoms with E-state index in [1.165, 1.54) is 12.8 Å². The minimum atomic E-state index is 0.0391. The first-order valence-electron chi connectivity index (χ1n) is 10.5. The molecule has 0 N–H and O–H groups in total. The van der Waals surface area contributed by atoms with Crippen LogP contribution in [0.25, 0.3) is 27.7 Å². The second-order valence-electron chi connectivity index (χ2n) is 8.48. The maximum absolute atomic E-state index is 13.4. The van der Waals surface area contributed by atoms with Gasteiger partial charge in [-0.05, 0) is 36.8 Å². The Balaban J connectivity index is 1.70. The fourth-order valence-corrected chi connectivity index (χ4v) is 4.94. The molecule has 1 aliphatic rings. The van der Waals surface area contributed by atoms with Crippen molar-refractivity contribution in [2.24, 2.45) is 11.8 Å². The molecule has 1 saturated carbocycles. The Morgan fingerprint density at radius 3 is 2.66 bits per heavy atom. The van der Waals surface area contributed by atoms with Crippen LogP contribution in [0.2, 0.25) is 0 Å². The molecule has 1 aliphatic carbocycles. The van der Waals surface area contributed by atoms with E-state index in [4.69, 9.17) is 5.10 Å². The van der Waals surface area contributed by atoms with Gasteiger partial charge < -0.3 is 4.57 Å². The van der Waals surface area contributed by atoms with Crippen LogP contribution in [0.3, 0.4) is 0 Å². The Morgan fingerprint density at radius 1 is 1.07 bits per heavy atom. The van der Waals surface area contributed by atoms with Crippen molar-refractivity contribution < 1.29 is 0 Å². The van der Waals surface area contributed by atoms with Crippen LogP contribution in [0.15, 0.2) is 53.6 Å². The summed E-state index contributed by atoms with van der Waals surface area (Å²) in [4.78, 5) is 18.0. The zero-order valence-electron chi connectivity index (χ0n) is 17.2. The van der Waals surface area contributed by atoms with Gasteiger partial charge in [0.1, 0.15) is 0 Å². The van der Waals surface area contributed by atoms with Gasteiger partial charge in [-0.3, -0.25) is 4.79 Å². The van der Waals surface area contributed by atoms with Crippen molar-refractivity contribution in [1.82, 2.24) is 19.2 Å². The molecule has 29 heavy (non-hydrogen) atoms. The molecule has 4 aromatic rings. The Bertz CT molecular complexity index is 1250. The number of fused-ring (bicyclic) bond motifs is 3. The third kappa shape index (κ3) is 2.79. The van der Waals surface area contributed by atoms with Gasteiger partial charge in [-0.1, -0.05) is 57.0 Å². The van der Waals surface area contributed by atoms with Crippen molar-refractivity contribution >= 4 is 16.6 Å². The fraction of sp³-hybridized carbons (Fsp3) is 0.375. The summed E-state index contributed by atoms with van der Waals surface area (Å²) in [6, 6.07) is 12.5. The van der Waals surface area contributed by atoms with Crippen LogP contribution in [0.5, 0.6) is 0 Å². The van der Waals surface area contributed by atoms with E-state index in [2.05, 4.69) is 31.0 Å². The average Bonchev–Trinajstić information content (AvgIpc) is 3.07. The van der Waals surface area contributed by atoms with E-state index >= 15 is 0 Å². The highest BCUT2D eigenvalue weighted by Gasteiger charge is 2.29. The normalized spacial score (nSPS) is 22.4. The van der Waals surface area contributed by atoms with Crippen LogP contribution in [-0.4, -0.2) is 19.2 Å². The van der Waals surface area contributed by atoms with Crippen LogP contribution in [0.4, 0.5) is 0 Å². The van der Waals surface area contributed by atoms with Crippen molar-refractivity contribution in [2.75, 3.05) is 0 Å². The number of aryl methyl sites for hydroxylation is 1. The summed E-state index contributed by atoms with van der Waals surface area (Å²) in [7, 11) is 0. The fourth-order valence-electron chi connectivity index (χ4n) is 4.94. The summed E-state index contributed by atoms with van der Waals surface area (Å²) in [6.45, 7) is 6.57. The van der Waals surface area contributed by atoms with Crippen molar-refractivity contribution in [1.29, 1.82) is 0 Å². The van der Waals surface area contributed by atoms with Gasteiger partial charge in [0.25, 0.3) is 5.56 Å². The molecular weight excluding hydrogens is 360 g/mol. The zero-order valence-corrected chi connectivity index (χ0v) is 17.2. The number of nitrogens with zero attached hydrogens (tertiary/aromatic N) is 4. The molecule has 0 saturated heterocycles. The molecular formula is C24H26N4O. The molecule has 5 rings (SSSR count). The number of hydrogen-bond donors (Lipinski definition) is 0. The molecule has 0 amide bonds. The first-order valence-corrected chi connectivity index (χ1v) is 10.5. The van der Waals surface area contributed by atoms with Crippen molar-refractivity contribution in [2.45, 2.75) is 46.1 Å². The third-order valence-electron chi connectivity index (χ3n) is 6.80. The van der Waals surface area contributed by atoms with Gasteiger partial charge in [-0.25, -0.2) is 9.50 Å². The summed E-state index contributed by atoms with van der Waals surface area (Å²) in [6.07, 6.45) is 7.18. The monoisotopic (exact) mass is 386 g/mol. The van der Waals surface area contributed by atoms with Gasteiger partial charge in [0.2, 0.25) is 0 Å². The molecule has 0 aliphatic heterocycles. The van der Waals surface area contributed by atoms with Gasteiger partial charge >= 0.3 is 0 Å². The Hall–Kier alpha value is -2.95. The van der Waals surface area contributed by atoms with E-state index in [0.717, 1.165) is 34.4 Å². The summed E-state index contributed by atoms with van der Waals surface area (Å²) in [5, 5.41) is 5.37. The van der Waals surface area contributed by atoms with Gasteiger partial charge in [0, 0.05) is 24.0 Å². The van der Waals surface area contributed by atoms with Crippen LogP contribution in [0.1, 0.15) is 44.8 Å². The Kier molecular flexibility index (Phi) is 4.26. The minimum absolute atomic E-state index is 0.0391. The van der Waals surface area contributed by atoms with E-state index < -0.39 is 0 Å². The van der Waals surface area contributed by atoms with Gasteiger partial charge in [0.05, 0.1) is 16.6 Å². The lowest BCUT2D eigenvalue weighted by Crippen LogP contribution is -2.33. The van der Waals surface area contributed by atoms with E-state index in [1.54, 1.807) is 6.20 Å². The molecule has 3 atom stereocenters. The third-order valence-corrected chi connectivity index (χ3v) is 6.80. The molecule has 1 aromatic carbocycles. The lowest BCUT2D eigenvalue weighted by molar-refractivity contribution is 0.183. The molecule has 5 heteroatoms. The van der Waals surface area contributed by atoms with Crippen LogP contribution in [-0.2, 0) is 0 Å². The van der Waals surface area contributed by atoms with E-state index in [9.17, 15) is 4.79 Å². The zero-order chi connectivity index (χ0) is 20.1. The van der Waals surface area contributed by atoms with Crippen molar-refractivity contribution in [3.63, 3.8) is 0 Å². The lowest BCUT2D eigenvalue weighted by atomic mass is 9.78. The van der Waals surface area contributed by atoms with Crippen molar-refractivity contribution in [3.05, 3.63) is 64.8 Å². The first-order chi connectivity index (χ1) is 14.1. The first kappa shape index (κ1) is 18.1. The quantitative estimate of drug-likeness (QED) is 0.486. The largest absolute Gasteiger partial charge is 0.311 e. The van der Waals surface area contributed by atoms with E-state index in [0.29, 0.717) is 17.2 Å². The Labute approximate surface area is 170 Å². The standard InChI is InChI=1S/C24H26N4O/c1-15-8-7-11-20(16(15)2)27-13-12-21-19(24(27)29)14-25-23-22(17(3)26-28(21)23)18-9-5-4-6-10-18/h4-6,9-10,12-16,20H,7-8,11H2,1-3H3/t15-,16-,20-/m1/s1. The maximum atomic E-state index is 13.4. The number of rotatable bonds is 2. The second-order valence-corrected chi connectivity index (χ2v) is 8.48. The summed E-state index contributed by atoms with van der Waals surface area (Å²) in [5.41, 5.74) is 4.67. The van der Waals surface area contributed by atoms with Gasteiger partial charge in [-0.2, -0.15) is 5.10 Å². The topological polar surface area (TPSA) is 52.2 Å². The number of hydrogen-bond acceptors (Lipinski definition) is 3. The predicted octanol–water partition coefficient (Wildman–Crippen LogP) is 5.02. The SMILES string of the molecule is Cc1nn2c(ncc3c(=O)n([C@@H]4CCC[C@@H](C)[C@H]4C)ccc32)c1-c1ccccc1. The molecule has 148 valence electrons. The summed E-state index contributed by atoms with van der Waals surface area (Å²) >= 11 is 0. The van der Waals surface area contributed by atoms with Crippen molar-refractivity contribution in [3.8, 4) is 11.1 Å². The molecule has 0 radical (unpaired) electrons. The average molecular weight is 386 g/mol. The van der Waals surface area contributed by atoms with Crippen LogP contribution < -0.4 is 5.56 Å². The van der Waals surface area contributed by atoms with Crippen LogP contribution in [0, 0.1) is 18.8 Å². The lowest BCUT2D eigenvalue weighted by Gasteiger charge is -2.35. The predicted molar refractivity (Wildman–Crippen MR) is 116 cm³/mol. The number of aromatic nitrogens is 4. The maximum Gasteiger partial charge on any atom is 0.261 e. The molecule has 5 nitrogen and oxygen atoms in total. The molecule has 1 fully saturated rings. The molecule has 0 bridgehead atoms. The summed E-state index contributed by atoms with van der Waals surface area (Å²) in [5.74, 6) is 1.13. The molecule has 3 heterocycles. The highest BCUT2D eigenvalue weighted by Crippen LogP contribution is 2.37. The minimum Gasteiger partial charge on any atom is -0.311 e. The number of benzene rings is 1. The second kappa shape index (κ2) is 6.83. The molecule has 0 spiro atoms. The highest BCUT2D eigenvalue weighted by molar-refractivity contribution is 5.86.